The highest BCUT2D eigenvalue weighted by Gasteiger charge is 2.26. The molecule has 0 saturated heterocycles. The number of H-pyrrole nitrogens is 1. The minimum atomic E-state index is 0.174. The molecule has 0 atom stereocenters. The molecule has 18 heavy (non-hydrogen) atoms. The Bertz CT molecular complexity index is 726. The van der Waals surface area contributed by atoms with E-state index in [1.54, 1.807) is 11.0 Å². The SMILES string of the molecule is Clc1nc(-n2ccc(C3CC3)n2)c2[nH]cnc2n1. The fourth-order valence-electron chi connectivity index (χ4n) is 2.01. The lowest BCUT2D eigenvalue weighted by molar-refractivity contribution is 0.814. The number of halogens is 1. The maximum Gasteiger partial charge on any atom is 0.226 e. The standard InChI is InChI=1S/C11H9ClN6/c12-11-15-9-8(13-5-14-9)10(16-11)18-4-3-7(17-18)6-1-2-6/h3-6H,1-2H2,(H,13,14,15,16). The number of fused-ring (bicyclic) bond motifs is 1. The van der Waals surface area contributed by atoms with E-state index in [0.717, 1.165) is 11.2 Å². The Morgan fingerprint density at radius 1 is 1.33 bits per heavy atom. The van der Waals surface area contributed by atoms with Crippen LogP contribution in [0.15, 0.2) is 18.6 Å². The predicted molar refractivity (Wildman–Crippen MR) is 65.8 cm³/mol. The number of rotatable bonds is 2. The van der Waals surface area contributed by atoms with Gasteiger partial charge in [0.2, 0.25) is 5.28 Å². The van der Waals surface area contributed by atoms with E-state index in [0.29, 0.717) is 17.4 Å². The summed E-state index contributed by atoms with van der Waals surface area (Å²) in [7, 11) is 0. The highest BCUT2D eigenvalue weighted by atomic mass is 35.5. The van der Waals surface area contributed by atoms with Crippen molar-refractivity contribution in [2.75, 3.05) is 0 Å². The molecule has 0 radical (unpaired) electrons. The zero-order chi connectivity index (χ0) is 12.1. The molecule has 90 valence electrons. The van der Waals surface area contributed by atoms with Crippen molar-refractivity contribution < 1.29 is 0 Å². The lowest BCUT2D eigenvalue weighted by atomic mass is 10.3. The summed E-state index contributed by atoms with van der Waals surface area (Å²) in [6, 6.07) is 2.02. The number of imidazole rings is 1. The Hall–Kier alpha value is -1.95. The Morgan fingerprint density at radius 2 is 2.22 bits per heavy atom. The lowest BCUT2D eigenvalue weighted by Gasteiger charge is -2.01. The third-order valence-corrected chi connectivity index (χ3v) is 3.23. The third-order valence-electron chi connectivity index (χ3n) is 3.06. The molecule has 1 aliphatic rings. The Balaban J connectivity index is 1.91. The van der Waals surface area contributed by atoms with E-state index in [1.165, 1.54) is 12.8 Å². The number of hydrogen-bond acceptors (Lipinski definition) is 4. The van der Waals surface area contributed by atoms with Crippen molar-refractivity contribution in [3.63, 3.8) is 0 Å². The molecule has 1 saturated carbocycles. The molecule has 0 aliphatic heterocycles. The molecule has 0 unspecified atom stereocenters. The topological polar surface area (TPSA) is 72.3 Å². The number of nitrogens with zero attached hydrogens (tertiary/aromatic N) is 5. The molecule has 1 fully saturated rings. The summed E-state index contributed by atoms with van der Waals surface area (Å²) >= 11 is 5.90. The highest BCUT2D eigenvalue weighted by molar-refractivity contribution is 6.28. The van der Waals surface area contributed by atoms with Gasteiger partial charge in [-0.05, 0) is 30.5 Å². The van der Waals surface area contributed by atoms with Crippen LogP contribution in [0.5, 0.6) is 0 Å². The van der Waals surface area contributed by atoms with E-state index in [1.807, 2.05) is 12.3 Å². The minimum Gasteiger partial charge on any atom is -0.340 e. The first-order valence-electron chi connectivity index (χ1n) is 5.74. The number of nitrogens with one attached hydrogen (secondary N) is 1. The molecule has 1 N–H and O–H groups in total. The van der Waals surface area contributed by atoms with Crippen LogP contribution in [-0.2, 0) is 0 Å². The Labute approximate surface area is 107 Å². The molecule has 6 nitrogen and oxygen atoms in total. The smallest absolute Gasteiger partial charge is 0.226 e. The predicted octanol–water partition coefficient (Wildman–Crippen LogP) is 2.07. The first-order chi connectivity index (χ1) is 8.81. The van der Waals surface area contributed by atoms with Crippen molar-refractivity contribution in [2.24, 2.45) is 0 Å². The maximum absolute atomic E-state index is 5.90. The van der Waals surface area contributed by atoms with Crippen molar-refractivity contribution >= 4 is 22.8 Å². The summed E-state index contributed by atoms with van der Waals surface area (Å²) in [5.74, 6) is 1.25. The molecule has 3 aromatic heterocycles. The maximum atomic E-state index is 5.90. The second kappa shape index (κ2) is 3.52. The zero-order valence-corrected chi connectivity index (χ0v) is 10.1. The monoisotopic (exact) mass is 260 g/mol. The van der Waals surface area contributed by atoms with Crippen LogP contribution in [0.1, 0.15) is 24.5 Å². The molecule has 7 heteroatoms. The first-order valence-corrected chi connectivity index (χ1v) is 6.11. The summed E-state index contributed by atoms with van der Waals surface area (Å²) < 4.78 is 1.72. The number of aromatic nitrogens is 6. The van der Waals surface area contributed by atoms with Gasteiger partial charge in [0.25, 0.3) is 0 Å². The molecular weight excluding hydrogens is 252 g/mol. The minimum absolute atomic E-state index is 0.174. The van der Waals surface area contributed by atoms with Crippen LogP contribution in [0.2, 0.25) is 5.28 Å². The van der Waals surface area contributed by atoms with Gasteiger partial charge in [0.15, 0.2) is 11.5 Å². The number of hydrogen-bond donors (Lipinski definition) is 1. The molecule has 0 amide bonds. The average Bonchev–Trinajstić information content (AvgIpc) is 2.91. The molecule has 1 aliphatic carbocycles. The van der Waals surface area contributed by atoms with Gasteiger partial charge in [-0.15, -0.1) is 0 Å². The molecule has 0 aromatic carbocycles. The molecule has 4 rings (SSSR count). The molecule has 3 heterocycles. The van der Waals surface area contributed by atoms with Gasteiger partial charge in [-0.1, -0.05) is 0 Å². The summed E-state index contributed by atoms with van der Waals surface area (Å²) in [6.45, 7) is 0. The van der Waals surface area contributed by atoms with Crippen LogP contribution < -0.4 is 0 Å². The fraction of sp³-hybridized carbons (Fsp3) is 0.273. The molecule has 0 bridgehead atoms. The van der Waals surface area contributed by atoms with Gasteiger partial charge in [-0.25, -0.2) is 9.67 Å². The van der Waals surface area contributed by atoms with Crippen molar-refractivity contribution in [1.82, 2.24) is 29.7 Å². The lowest BCUT2D eigenvalue weighted by Crippen LogP contribution is -2.02. The van der Waals surface area contributed by atoms with E-state index in [4.69, 9.17) is 11.6 Å². The quantitative estimate of drug-likeness (QED) is 0.716. The van der Waals surface area contributed by atoms with Crippen LogP contribution in [0.25, 0.3) is 17.0 Å². The van der Waals surface area contributed by atoms with Crippen molar-refractivity contribution in [2.45, 2.75) is 18.8 Å². The molecule has 3 aromatic rings. The van der Waals surface area contributed by atoms with E-state index in [-0.39, 0.29) is 5.28 Å². The van der Waals surface area contributed by atoms with Crippen LogP contribution >= 0.6 is 11.6 Å². The average molecular weight is 261 g/mol. The van der Waals surface area contributed by atoms with E-state index >= 15 is 0 Å². The van der Waals surface area contributed by atoms with Gasteiger partial charge in [0, 0.05) is 12.1 Å². The van der Waals surface area contributed by atoms with Gasteiger partial charge in [0.1, 0.15) is 5.52 Å². The Kier molecular flexibility index (Phi) is 1.96. The Morgan fingerprint density at radius 3 is 3.06 bits per heavy atom. The normalized spacial score (nSPS) is 15.4. The molecule has 0 spiro atoms. The second-order valence-corrected chi connectivity index (χ2v) is 4.71. The summed E-state index contributed by atoms with van der Waals surface area (Å²) in [5.41, 5.74) is 2.40. The van der Waals surface area contributed by atoms with Crippen LogP contribution in [-0.4, -0.2) is 29.7 Å². The fourth-order valence-corrected chi connectivity index (χ4v) is 2.17. The van der Waals surface area contributed by atoms with Crippen LogP contribution in [0, 0.1) is 0 Å². The van der Waals surface area contributed by atoms with Gasteiger partial charge in [-0.2, -0.15) is 15.1 Å². The van der Waals surface area contributed by atoms with Crippen LogP contribution in [0.3, 0.4) is 0 Å². The van der Waals surface area contributed by atoms with E-state index < -0.39 is 0 Å². The third kappa shape index (κ3) is 1.49. The van der Waals surface area contributed by atoms with Crippen LogP contribution in [0.4, 0.5) is 0 Å². The highest BCUT2D eigenvalue weighted by Crippen LogP contribution is 2.39. The molecular formula is C11H9ClN6. The largest absolute Gasteiger partial charge is 0.340 e. The zero-order valence-electron chi connectivity index (χ0n) is 9.34. The summed E-state index contributed by atoms with van der Waals surface area (Å²) in [6.07, 6.45) is 5.92. The van der Waals surface area contributed by atoms with Gasteiger partial charge < -0.3 is 4.98 Å². The van der Waals surface area contributed by atoms with Gasteiger partial charge >= 0.3 is 0 Å². The van der Waals surface area contributed by atoms with E-state index in [2.05, 4.69) is 25.0 Å². The second-order valence-electron chi connectivity index (χ2n) is 4.38. The van der Waals surface area contributed by atoms with Crippen molar-refractivity contribution in [3.8, 4) is 5.82 Å². The summed E-state index contributed by atoms with van der Waals surface area (Å²) in [5, 5.41) is 4.71. The van der Waals surface area contributed by atoms with Gasteiger partial charge in [0.05, 0.1) is 12.0 Å². The van der Waals surface area contributed by atoms with E-state index in [9.17, 15) is 0 Å². The van der Waals surface area contributed by atoms with Crippen molar-refractivity contribution in [1.29, 1.82) is 0 Å². The van der Waals surface area contributed by atoms with Crippen molar-refractivity contribution in [3.05, 3.63) is 29.6 Å². The van der Waals surface area contributed by atoms with Gasteiger partial charge in [-0.3, -0.25) is 0 Å². The number of aromatic amines is 1. The first kappa shape index (κ1) is 10.0. The summed E-state index contributed by atoms with van der Waals surface area (Å²) in [4.78, 5) is 15.4.